The molecule has 3 heteroatoms. The number of hydrogen-bond donors (Lipinski definition) is 1. The highest BCUT2D eigenvalue weighted by Crippen LogP contribution is 2.33. The van der Waals surface area contributed by atoms with Gasteiger partial charge in [-0.2, -0.15) is 0 Å². The highest BCUT2D eigenvalue weighted by atomic mass is 16.5. The highest BCUT2D eigenvalue weighted by molar-refractivity contribution is 5.38. The Labute approximate surface area is 120 Å². The Balaban J connectivity index is 1.70. The number of benzene rings is 1. The van der Waals surface area contributed by atoms with E-state index >= 15 is 0 Å². The lowest BCUT2D eigenvalue weighted by Crippen LogP contribution is -2.29. The molecule has 3 rings (SSSR count). The summed E-state index contributed by atoms with van der Waals surface area (Å²) in [5.74, 6) is 0.895. The van der Waals surface area contributed by atoms with Crippen LogP contribution >= 0.6 is 0 Å². The minimum absolute atomic E-state index is 0.243. The SMILES string of the molecule is COC1CCCC(Oc2ccc3c(c2)[C@@H](O)CCC3)C1. The number of aryl methyl sites for hydroxylation is 1. The van der Waals surface area contributed by atoms with Crippen molar-refractivity contribution in [3.8, 4) is 5.75 Å². The summed E-state index contributed by atoms with van der Waals surface area (Å²) in [6.45, 7) is 0. The number of methoxy groups -OCH3 is 1. The van der Waals surface area contributed by atoms with Gasteiger partial charge in [0.2, 0.25) is 0 Å². The fourth-order valence-electron chi connectivity index (χ4n) is 3.44. The summed E-state index contributed by atoms with van der Waals surface area (Å²) in [6.07, 6.45) is 7.64. The van der Waals surface area contributed by atoms with E-state index in [-0.39, 0.29) is 12.2 Å². The van der Waals surface area contributed by atoms with Gasteiger partial charge in [0.1, 0.15) is 11.9 Å². The van der Waals surface area contributed by atoms with Crippen molar-refractivity contribution in [2.24, 2.45) is 0 Å². The maximum Gasteiger partial charge on any atom is 0.120 e. The Hall–Kier alpha value is -1.06. The fourth-order valence-corrected chi connectivity index (χ4v) is 3.44. The minimum atomic E-state index is -0.319. The fraction of sp³-hybridized carbons (Fsp3) is 0.647. The quantitative estimate of drug-likeness (QED) is 0.919. The van der Waals surface area contributed by atoms with Gasteiger partial charge in [0.05, 0.1) is 12.2 Å². The van der Waals surface area contributed by atoms with E-state index in [2.05, 4.69) is 6.07 Å². The van der Waals surface area contributed by atoms with Crippen molar-refractivity contribution in [1.82, 2.24) is 0 Å². The average Bonchev–Trinajstić information content (AvgIpc) is 2.48. The minimum Gasteiger partial charge on any atom is -0.490 e. The molecule has 0 spiro atoms. The zero-order chi connectivity index (χ0) is 13.9. The van der Waals surface area contributed by atoms with E-state index in [1.165, 1.54) is 5.56 Å². The van der Waals surface area contributed by atoms with E-state index in [1.54, 1.807) is 7.11 Å². The Morgan fingerprint density at radius 3 is 2.80 bits per heavy atom. The van der Waals surface area contributed by atoms with Crippen LogP contribution in [-0.4, -0.2) is 24.4 Å². The van der Waals surface area contributed by atoms with Gasteiger partial charge in [0.25, 0.3) is 0 Å². The molecule has 0 aromatic heterocycles. The number of aliphatic hydroxyl groups is 1. The summed E-state index contributed by atoms with van der Waals surface area (Å²) in [5.41, 5.74) is 2.34. The number of ether oxygens (including phenoxy) is 2. The number of hydrogen-bond acceptors (Lipinski definition) is 3. The van der Waals surface area contributed by atoms with Gasteiger partial charge in [-0.15, -0.1) is 0 Å². The summed E-state index contributed by atoms with van der Waals surface area (Å²) in [5, 5.41) is 10.1. The molecule has 0 bridgehead atoms. The first kappa shape index (κ1) is 13.9. The van der Waals surface area contributed by atoms with Gasteiger partial charge in [-0.05, 0) is 61.8 Å². The van der Waals surface area contributed by atoms with Crippen molar-refractivity contribution < 1.29 is 14.6 Å². The van der Waals surface area contributed by atoms with Crippen molar-refractivity contribution in [2.45, 2.75) is 63.3 Å². The monoisotopic (exact) mass is 276 g/mol. The van der Waals surface area contributed by atoms with Crippen molar-refractivity contribution in [1.29, 1.82) is 0 Å². The normalized spacial score (nSPS) is 29.8. The third kappa shape index (κ3) is 2.99. The molecule has 0 amide bonds. The van der Waals surface area contributed by atoms with Crippen LogP contribution in [0.15, 0.2) is 18.2 Å². The molecule has 0 aliphatic heterocycles. The van der Waals surface area contributed by atoms with E-state index in [9.17, 15) is 5.11 Å². The van der Waals surface area contributed by atoms with Crippen LogP contribution in [0.5, 0.6) is 5.75 Å². The zero-order valence-corrected chi connectivity index (χ0v) is 12.2. The molecule has 20 heavy (non-hydrogen) atoms. The molecule has 2 unspecified atom stereocenters. The third-order valence-electron chi connectivity index (χ3n) is 4.61. The largest absolute Gasteiger partial charge is 0.490 e. The van der Waals surface area contributed by atoms with Crippen LogP contribution in [0.3, 0.4) is 0 Å². The van der Waals surface area contributed by atoms with Crippen molar-refractivity contribution in [3.63, 3.8) is 0 Å². The van der Waals surface area contributed by atoms with Gasteiger partial charge in [-0.1, -0.05) is 6.07 Å². The average molecular weight is 276 g/mol. The lowest BCUT2D eigenvalue weighted by molar-refractivity contribution is 0.0208. The van der Waals surface area contributed by atoms with Crippen molar-refractivity contribution >= 4 is 0 Å². The first-order valence-corrected chi connectivity index (χ1v) is 7.76. The van der Waals surface area contributed by atoms with Gasteiger partial charge in [-0.25, -0.2) is 0 Å². The lowest BCUT2D eigenvalue weighted by atomic mass is 9.89. The van der Waals surface area contributed by atoms with Crippen LogP contribution < -0.4 is 4.74 Å². The second kappa shape index (κ2) is 6.15. The molecule has 1 fully saturated rings. The lowest BCUT2D eigenvalue weighted by Gasteiger charge is -2.29. The van der Waals surface area contributed by atoms with Crippen LogP contribution in [-0.2, 0) is 11.2 Å². The third-order valence-corrected chi connectivity index (χ3v) is 4.61. The van der Waals surface area contributed by atoms with Gasteiger partial charge >= 0.3 is 0 Å². The first-order valence-electron chi connectivity index (χ1n) is 7.76. The molecule has 2 aliphatic rings. The van der Waals surface area contributed by atoms with E-state index in [0.717, 1.165) is 56.3 Å². The molecule has 1 saturated carbocycles. The predicted octanol–water partition coefficient (Wildman–Crippen LogP) is 3.39. The van der Waals surface area contributed by atoms with Crippen LogP contribution in [0, 0.1) is 0 Å². The zero-order valence-electron chi connectivity index (χ0n) is 12.2. The molecule has 1 aromatic rings. The van der Waals surface area contributed by atoms with Crippen LogP contribution in [0.2, 0.25) is 0 Å². The summed E-state index contributed by atoms with van der Waals surface area (Å²) < 4.78 is 11.6. The van der Waals surface area contributed by atoms with Crippen LogP contribution in [0.25, 0.3) is 0 Å². The Kier molecular flexibility index (Phi) is 4.27. The second-order valence-electron chi connectivity index (χ2n) is 6.03. The van der Waals surface area contributed by atoms with Gasteiger partial charge in [0, 0.05) is 13.5 Å². The predicted molar refractivity (Wildman–Crippen MR) is 78.0 cm³/mol. The van der Waals surface area contributed by atoms with E-state index in [1.807, 2.05) is 12.1 Å². The Morgan fingerprint density at radius 2 is 1.95 bits per heavy atom. The summed E-state index contributed by atoms with van der Waals surface area (Å²) in [7, 11) is 1.78. The molecule has 0 radical (unpaired) electrons. The maximum atomic E-state index is 10.1. The smallest absolute Gasteiger partial charge is 0.120 e. The first-order chi connectivity index (χ1) is 9.76. The molecule has 2 aliphatic carbocycles. The molecule has 3 atom stereocenters. The van der Waals surface area contributed by atoms with Gasteiger partial charge < -0.3 is 14.6 Å². The van der Waals surface area contributed by atoms with Gasteiger partial charge in [-0.3, -0.25) is 0 Å². The molecule has 3 nitrogen and oxygen atoms in total. The topological polar surface area (TPSA) is 38.7 Å². The summed E-state index contributed by atoms with van der Waals surface area (Å²) >= 11 is 0. The highest BCUT2D eigenvalue weighted by Gasteiger charge is 2.24. The summed E-state index contributed by atoms with van der Waals surface area (Å²) in [6, 6.07) is 6.20. The maximum absolute atomic E-state index is 10.1. The molecular formula is C17H24O3. The summed E-state index contributed by atoms with van der Waals surface area (Å²) in [4.78, 5) is 0. The van der Waals surface area contributed by atoms with Crippen molar-refractivity contribution in [2.75, 3.05) is 7.11 Å². The van der Waals surface area contributed by atoms with Crippen LogP contribution in [0.4, 0.5) is 0 Å². The number of fused-ring (bicyclic) bond motifs is 1. The number of rotatable bonds is 3. The molecular weight excluding hydrogens is 252 g/mol. The van der Waals surface area contributed by atoms with Crippen molar-refractivity contribution in [3.05, 3.63) is 29.3 Å². The van der Waals surface area contributed by atoms with E-state index in [4.69, 9.17) is 9.47 Å². The molecule has 1 aromatic carbocycles. The molecule has 1 N–H and O–H groups in total. The van der Waals surface area contributed by atoms with E-state index in [0.29, 0.717) is 6.10 Å². The second-order valence-corrected chi connectivity index (χ2v) is 6.03. The molecule has 110 valence electrons. The van der Waals surface area contributed by atoms with E-state index < -0.39 is 0 Å². The molecule has 0 saturated heterocycles. The molecule has 0 heterocycles. The number of aliphatic hydroxyl groups excluding tert-OH is 1. The Morgan fingerprint density at radius 1 is 1.10 bits per heavy atom. The van der Waals surface area contributed by atoms with Gasteiger partial charge in [0.15, 0.2) is 0 Å². The standard InChI is InChI=1S/C17H24O3/c1-19-13-5-3-6-14(10-13)20-15-9-8-12-4-2-7-17(18)16(12)11-15/h8-9,11,13-14,17-18H,2-7,10H2,1H3/t13?,14?,17-/m0/s1. The Bertz CT molecular complexity index is 458. The van der Waals surface area contributed by atoms with Crippen LogP contribution in [0.1, 0.15) is 55.8 Å².